The fourth-order valence-electron chi connectivity index (χ4n) is 2.66. The number of anilines is 1. The van der Waals surface area contributed by atoms with Crippen LogP contribution < -0.4 is 16.4 Å². The number of nitrogens with one attached hydrogen (secondary N) is 2. The van der Waals surface area contributed by atoms with Crippen molar-refractivity contribution in [2.75, 3.05) is 17.2 Å². The molecular weight excluding hydrogens is 383 g/mol. The molecule has 1 aliphatic heterocycles. The maximum atomic E-state index is 13.7. The Morgan fingerprint density at radius 3 is 2.35 bits per heavy atom. The van der Waals surface area contributed by atoms with Crippen LogP contribution in [-0.2, 0) is 9.84 Å². The maximum absolute atomic E-state index is 13.7. The molecular formula is C15H15FN4O4S2. The number of nitrogens with zero attached hydrogens (tertiary/aromatic N) is 1. The molecule has 2 unspecified atom stereocenters. The fraction of sp³-hybridized carbons (Fsp3) is 0.267. The van der Waals surface area contributed by atoms with Gasteiger partial charge in [0.05, 0.1) is 29.2 Å². The number of sulfone groups is 1. The first-order valence-corrected chi connectivity index (χ1v) is 10.2. The lowest BCUT2D eigenvalue weighted by molar-refractivity contribution is 0.0892. The standard InChI is InChI=1S/C15H15FN4O4S2/c16-9-4-2-1-3-8(9)13(21)18-11-6-26(23,24)7-12(11)19-14(22)10-5-25-15(17)20-10/h1-5,11-12H,6-7H2,(H2,17,20)(H,18,21)(H,19,22). The number of aromatic nitrogens is 1. The summed E-state index contributed by atoms with van der Waals surface area (Å²) in [6.07, 6.45) is 0. The second kappa shape index (κ2) is 7.00. The number of nitrogens with two attached hydrogens (primary N) is 1. The van der Waals surface area contributed by atoms with Gasteiger partial charge in [0.2, 0.25) is 0 Å². The first-order valence-electron chi connectivity index (χ1n) is 7.53. The van der Waals surface area contributed by atoms with E-state index < -0.39 is 39.6 Å². The number of hydrogen-bond donors (Lipinski definition) is 3. The number of rotatable bonds is 4. The molecule has 1 fully saturated rings. The molecule has 0 saturated carbocycles. The number of halogens is 1. The van der Waals surface area contributed by atoms with Gasteiger partial charge in [0.1, 0.15) is 11.5 Å². The molecule has 26 heavy (non-hydrogen) atoms. The third-order valence-corrected chi connectivity index (χ3v) is 6.27. The summed E-state index contributed by atoms with van der Waals surface area (Å²) in [5.74, 6) is -2.74. The molecule has 1 aromatic carbocycles. The Morgan fingerprint density at radius 2 is 1.77 bits per heavy atom. The van der Waals surface area contributed by atoms with Crippen LogP contribution in [0.15, 0.2) is 29.6 Å². The summed E-state index contributed by atoms with van der Waals surface area (Å²) in [5, 5.41) is 6.69. The van der Waals surface area contributed by atoms with Crippen molar-refractivity contribution in [1.29, 1.82) is 0 Å². The summed E-state index contributed by atoms with van der Waals surface area (Å²) in [7, 11) is -3.47. The van der Waals surface area contributed by atoms with Gasteiger partial charge in [-0.3, -0.25) is 9.59 Å². The molecule has 1 saturated heterocycles. The summed E-state index contributed by atoms with van der Waals surface area (Å²) < 4.78 is 37.6. The largest absolute Gasteiger partial charge is 0.375 e. The highest BCUT2D eigenvalue weighted by Crippen LogP contribution is 2.16. The number of carbonyl (C=O) groups is 2. The maximum Gasteiger partial charge on any atom is 0.271 e. The topological polar surface area (TPSA) is 131 Å². The fourth-order valence-corrected chi connectivity index (χ4v) is 5.06. The summed E-state index contributed by atoms with van der Waals surface area (Å²) >= 11 is 1.08. The lowest BCUT2D eigenvalue weighted by Gasteiger charge is -2.20. The van der Waals surface area contributed by atoms with Crippen LogP contribution in [0.3, 0.4) is 0 Å². The second-order valence-corrected chi connectivity index (χ2v) is 8.83. The van der Waals surface area contributed by atoms with Crippen molar-refractivity contribution in [3.63, 3.8) is 0 Å². The van der Waals surface area contributed by atoms with Crippen molar-refractivity contribution in [3.05, 3.63) is 46.7 Å². The number of hydrogen-bond acceptors (Lipinski definition) is 7. The zero-order chi connectivity index (χ0) is 18.9. The van der Waals surface area contributed by atoms with E-state index in [9.17, 15) is 22.4 Å². The molecule has 2 amide bonds. The van der Waals surface area contributed by atoms with Crippen molar-refractivity contribution in [2.24, 2.45) is 0 Å². The molecule has 1 aromatic heterocycles. The lowest BCUT2D eigenvalue weighted by Crippen LogP contribution is -2.51. The van der Waals surface area contributed by atoms with Gasteiger partial charge in [0.15, 0.2) is 15.0 Å². The Morgan fingerprint density at radius 1 is 1.15 bits per heavy atom. The first kappa shape index (κ1) is 18.3. The minimum Gasteiger partial charge on any atom is -0.375 e. The Balaban J connectivity index is 1.75. The van der Waals surface area contributed by atoms with Crippen molar-refractivity contribution >= 4 is 38.1 Å². The summed E-state index contributed by atoms with van der Waals surface area (Å²) in [6, 6.07) is 3.62. The van der Waals surface area contributed by atoms with Crippen molar-refractivity contribution < 1.29 is 22.4 Å². The molecule has 0 aliphatic carbocycles. The van der Waals surface area contributed by atoms with Crippen LogP contribution in [0.1, 0.15) is 20.8 Å². The van der Waals surface area contributed by atoms with Gasteiger partial charge in [-0.2, -0.15) is 0 Å². The number of amides is 2. The van der Waals surface area contributed by atoms with Gasteiger partial charge in [0, 0.05) is 5.38 Å². The highest BCUT2D eigenvalue weighted by molar-refractivity contribution is 7.91. The molecule has 138 valence electrons. The molecule has 0 spiro atoms. The van der Waals surface area contributed by atoms with Gasteiger partial charge in [-0.05, 0) is 12.1 Å². The number of benzene rings is 1. The molecule has 0 radical (unpaired) electrons. The number of thiazole rings is 1. The molecule has 0 bridgehead atoms. The minimum atomic E-state index is -3.47. The van der Waals surface area contributed by atoms with Gasteiger partial charge in [-0.25, -0.2) is 17.8 Å². The predicted molar refractivity (Wildman–Crippen MR) is 94.1 cm³/mol. The molecule has 2 atom stereocenters. The van der Waals surface area contributed by atoms with Gasteiger partial charge in [0.25, 0.3) is 11.8 Å². The summed E-state index contributed by atoms with van der Waals surface area (Å²) in [5.41, 5.74) is 5.34. The van der Waals surface area contributed by atoms with E-state index in [0.29, 0.717) is 0 Å². The average molecular weight is 398 g/mol. The third kappa shape index (κ3) is 3.99. The number of nitrogen functional groups attached to an aromatic ring is 1. The van der Waals surface area contributed by atoms with E-state index in [0.717, 1.165) is 17.4 Å². The van der Waals surface area contributed by atoms with Crippen molar-refractivity contribution in [3.8, 4) is 0 Å². The summed E-state index contributed by atoms with van der Waals surface area (Å²) in [6.45, 7) is 0. The number of carbonyl (C=O) groups excluding carboxylic acids is 2. The summed E-state index contributed by atoms with van der Waals surface area (Å²) in [4.78, 5) is 28.3. The smallest absolute Gasteiger partial charge is 0.271 e. The van der Waals surface area contributed by atoms with Crippen LogP contribution in [0.25, 0.3) is 0 Å². The highest BCUT2D eigenvalue weighted by Gasteiger charge is 2.40. The molecule has 2 aromatic rings. The first-order chi connectivity index (χ1) is 12.2. The van der Waals surface area contributed by atoms with Gasteiger partial charge >= 0.3 is 0 Å². The zero-order valence-corrected chi connectivity index (χ0v) is 14.9. The quantitative estimate of drug-likeness (QED) is 0.674. The molecule has 11 heteroatoms. The van der Waals surface area contributed by atoms with E-state index in [4.69, 9.17) is 5.73 Å². The van der Waals surface area contributed by atoms with E-state index in [1.165, 1.54) is 23.6 Å². The van der Waals surface area contributed by atoms with Crippen molar-refractivity contribution in [1.82, 2.24) is 15.6 Å². The van der Waals surface area contributed by atoms with Gasteiger partial charge < -0.3 is 16.4 Å². The Hall–Kier alpha value is -2.53. The van der Waals surface area contributed by atoms with Crippen LogP contribution in [-0.4, -0.2) is 48.8 Å². The highest BCUT2D eigenvalue weighted by atomic mass is 32.2. The van der Waals surface area contributed by atoms with Gasteiger partial charge in [-0.15, -0.1) is 11.3 Å². The third-order valence-electron chi connectivity index (χ3n) is 3.86. The van der Waals surface area contributed by atoms with Gasteiger partial charge in [-0.1, -0.05) is 12.1 Å². The van der Waals surface area contributed by atoms with Crippen LogP contribution in [0.4, 0.5) is 9.52 Å². The average Bonchev–Trinajstić information content (AvgIpc) is 3.11. The van der Waals surface area contributed by atoms with Crippen LogP contribution in [0, 0.1) is 5.82 Å². The minimum absolute atomic E-state index is 0.0657. The van der Waals surface area contributed by atoms with Crippen LogP contribution in [0.5, 0.6) is 0 Å². The Labute approximate surface area is 152 Å². The van der Waals surface area contributed by atoms with Crippen molar-refractivity contribution in [2.45, 2.75) is 12.1 Å². The van der Waals surface area contributed by atoms with E-state index in [1.54, 1.807) is 0 Å². The van der Waals surface area contributed by atoms with E-state index in [2.05, 4.69) is 15.6 Å². The molecule has 3 rings (SSSR count). The van der Waals surface area contributed by atoms with Crippen LogP contribution in [0.2, 0.25) is 0 Å². The molecule has 2 heterocycles. The Bertz CT molecular complexity index is 960. The zero-order valence-electron chi connectivity index (χ0n) is 13.3. The normalized spacial score (nSPS) is 21.3. The van der Waals surface area contributed by atoms with Crippen LogP contribution >= 0.6 is 11.3 Å². The Kier molecular flexibility index (Phi) is 4.92. The lowest BCUT2D eigenvalue weighted by atomic mass is 10.1. The molecule has 4 N–H and O–H groups in total. The SMILES string of the molecule is Nc1nc(C(=O)NC2CS(=O)(=O)CC2NC(=O)c2ccccc2F)cs1. The monoisotopic (exact) mass is 398 g/mol. The van der Waals surface area contributed by atoms with E-state index >= 15 is 0 Å². The van der Waals surface area contributed by atoms with E-state index in [-0.39, 0.29) is 27.9 Å². The second-order valence-electron chi connectivity index (χ2n) is 5.79. The molecule has 1 aliphatic rings. The van der Waals surface area contributed by atoms with E-state index in [1.807, 2.05) is 0 Å². The predicted octanol–water partition coefficient (Wildman–Crippen LogP) is 0.190. The molecule has 8 nitrogen and oxygen atoms in total.